The summed E-state index contributed by atoms with van der Waals surface area (Å²) < 4.78 is 0. The molecule has 5 nitrogen and oxygen atoms in total. The molecule has 1 aromatic carbocycles. The van der Waals surface area contributed by atoms with Crippen LogP contribution < -0.4 is 5.32 Å². The Kier molecular flexibility index (Phi) is 5.62. The fourth-order valence-electron chi connectivity index (χ4n) is 4.99. The van der Waals surface area contributed by atoms with Gasteiger partial charge in [-0.05, 0) is 48.9 Å². The summed E-state index contributed by atoms with van der Waals surface area (Å²) in [6.45, 7) is 1.20. The Bertz CT molecular complexity index is 783. The summed E-state index contributed by atoms with van der Waals surface area (Å²) >= 11 is 0. The number of benzene rings is 1. The fraction of sp³-hybridized carbons (Fsp3) is 0.478. The van der Waals surface area contributed by atoms with Gasteiger partial charge in [0.05, 0.1) is 5.60 Å². The minimum Gasteiger partial charge on any atom is -0.385 e. The summed E-state index contributed by atoms with van der Waals surface area (Å²) in [4.78, 5) is 18.9. The Hall–Kier alpha value is -2.40. The van der Waals surface area contributed by atoms with Crippen molar-refractivity contribution in [3.05, 3.63) is 66.0 Å². The maximum Gasteiger partial charge on any atom is 0.317 e. The van der Waals surface area contributed by atoms with Gasteiger partial charge in [-0.3, -0.25) is 4.98 Å². The molecule has 2 aromatic rings. The van der Waals surface area contributed by atoms with Gasteiger partial charge >= 0.3 is 6.03 Å². The smallest absolute Gasteiger partial charge is 0.317 e. The highest BCUT2D eigenvalue weighted by Gasteiger charge is 2.50. The second kappa shape index (κ2) is 8.31. The Morgan fingerprint density at radius 3 is 2.68 bits per heavy atom. The number of nitrogens with zero attached hydrogens (tertiary/aromatic N) is 2. The third-order valence-electron chi connectivity index (χ3n) is 6.45. The Labute approximate surface area is 166 Å². The number of rotatable bonds is 4. The molecular weight excluding hydrogens is 350 g/mol. The van der Waals surface area contributed by atoms with E-state index in [2.05, 4.69) is 10.3 Å². The molecule has 0 bridgehead atoms. The highest BCUT2D eigenvalue weighted by molar-refractivity contribution is 5.74. The van der Waals surface area contributed by atoms with E-state index in [1.165, 1.54) is 5.56 Å². The molecule has 28 heavy (non-hydrogen) atoms. The summed E-state index contributed by atoms with van der Waals surface area (Å²) in [5.41, 5.74) is 1.33. The molecule has 0 unspecified atom stereocenters. The first-order valence-corrected chi connectivity index (χ1v) is 10.4. The maximum absolute atomic E-state index is 12.9. The summed E-state index contributed by atoms with van der Waals surface area (Å²) in [6.07, 6.45) is 9.12. The number of piperidine rings is 1. The van der Waals surface area contributed by atoms with Crippen LogP contribution in [0.5, 0.6) is 0 Å². The molecule has 2 aliphatic rings. The molecule has 148 valence electrons. The van der Waals surface area contributed by atoms with Crippen molar-refractivity contribution in [3.8, 4) is 0 Å². The first-order valence-electron chi connectivity index (χ1n) is 10.4. The van der Waals surface area contributed by atoms with Crippen LogP contribution in [0, 0.1) is 5.92 Å². The largest absolute Gasteiger partial charge is 0.385 e. The minimum absolute atomic E-state index is 0.000989. The zero-order valence-corrected chi connectivity index (χ0v) is 16.3. The average molecular weight is 380 g/mol. The zero-order valence-electron chi connectivity index (χ0n) is 16.3. The number of urea groups is 1. The van der Waals surface area contributed by atoms with Crippen LogP contribution in [0.25, 0.3) is 0 Å². The molecule has 1 aliphatic carbocycles. The molecular formula is C23H29N3O2. The second-order valence-electron chi connectivity index (χ2n) is 8.03. The number of carbonyl (C=O) groups is 1. The summed E-state index contributed by atoms with van der Waals surface area (Å²) in [6, 6.07) is 14.1. The standard InChI is InChI=1S/C23H29N3O2/c27-22(25-16-12-18-10-14-24-15-11-18)26-17-13-23(28,19-6-2-1-3-7-19)20-8-4-5-9-21(20)26/h1-3,6-7,10-11,14-15,20-21,28H,4-5,8-9,12-13,16-17H2,(H,25,27)/t20-,21+,23+/m0/s1. The van der Waals surface area contributed by atoms with E-state index in [-0.39, 0.29) is 18.0 Å². The van der Waals surface area contributed by atoms with Crippen molar-refractivity contribution >= 4 is 6.03 Å². The number of aliphatic hydroxyl groups is 1. The van der Waals surface area contributed by atoms with Gasteiger partial charge in [-0.2, -0.15) is 0 Å². The van der Waals surface area contributed by atoms with Crippen LogP contribution in [0.4, 0.5) is 4.79 Å². The SMILES string of the molecule is O=C(NCCc1ccncc1)N1CC[C@@](O)(c2ccccc2)[C@H]2CCCC[C@H]21. The maximum atomic E-state index is 12.9. The van der Waals surface area contributed by atoms with E-state index in [4.69, 9.17) is 0 Å². The molecule has 3 atom stereocenters. The summed E-state index contributed by atoms with van der Waals surface area (Å²) in [5, 5.41) is 14.7. The van der Waals surface area contributed by atoms with Crippen LogP contribution in [0.3, 0.4) is 0 Å². The zero-order chi connectivity index (χ0) is 19.4. The average Bonchev–Trinajstić information content (AvgIpc) is 2.75. The second-order valence-corrected chi connectivity index (χ2v) is 8.03. The van der Waals surface area contributed by atoms with Gasteiger partial charge in [-0.1, -0.05) is 43.2 Å². The molecule has 0 radical (unpaired) electrons. The predicted molar refractivity (Wildman–Crippen MR) is 109 cm³/mol. The number of hydrogen-bond acceptors (Lipinski definition) is 3. The van der Waals surface area contributed by atoms with Crippen molar-refractivity contribution in [1.29, 1.82) is 0 Å². The van der Waals surface area contributed by atoms with Crippen LogP contribution in [-0.4, -0.2) is 40.2 Å². The van der Waals surface area contributed by atoms with Crippen molar-refractivity contribution in [2.75, 3.05) is 13.1 Å². The molecule has 1 saturated carbocycles. The number of likely N-dealkylation sites (tertiary alicyclic amines) is 1. The van der Waals surface area contributed by atoms with Crippen LogP contribution in [0.2, 0.25) is 0 Å². The van der Waals surface area contributed by atoms with Gasteiger partial charge in [0.25, 0.3) is 0 Å². The lowest BCUT2D eigenvalue weighted by atomic mass is 9.66. The molecule has 1 aromatic heterocycles. The first kappa shape index (κ1) is 18.9. The monoisotopic (exact) mass is 379 g/mol. The molecule has 0 spiro atoms. The van der Waals surface area contributed by atoms with Crippen LogP contribution in [0.15, 0.2) is 54.9 Å². The Morgan fingerprint density at radius 2 is 1.89 bits per heavy atom. The molecule has 5 heteroatoms. The highest BCUT2D eigenvalue weighted by atomic mass is 16.3. The molecule has 2 amide bonds. The van der Waals surface area contributed by atoms with E-state index in [0.717, 1.165) is 37.7 Å². The molecule has 1 aliphatic heterocycles. The number of carbonyl (C=O) groups excluding carboxylic acids is 1. The first-order chi connectivity index (χ1) is 13.7. The van der Waals surface area contributed by atoms with Gasteiger partial charge in [0, 0.05) is 37.4 Å². The van der Waals surface area contributed by atoms with E-state index in [1.807, 2.05) is 47.4 Å². The van der Waals surface area contributed by atoms with Crippen LogP contribution >= 0.6 is 0 Å². The van der Waals surface area contributed by atoms with E-state index in [0.29, 0.717) is 19.5 Å². The predicted octanol–water partition coefficient (Wildman–Crippen LogP) is 3.49. The van der Waals surface area contributed by atoms with E-state index in [9.17, 15) is 9.90 Å². The number of aromatic nitrogens is 1. The Balaban J connectivity index is 1.44. The molecule has 4 rings (SSSR count). The number of hydrogen-bond donors (Lipinski definition) is 2. The Morgan fingerprint density at radius 1 is 1.14 bits per heavy atom. The number of pyridine rings is 1. The topological polar surface area (TPSA) is 65.5 Å². The van der Waals surface area contributed by atoms with E-state index in [1.54, 1.807) is 12.4 Å². The lowest BCUT2D eigenvalue weighted by Crippen LogP contribution is -2.60. The van der Waals surface area contributed by atoms with Crippen molar-refractivity contribution in [2.24, 2.45) is 5.92 Å². The molecule has 1 saturated heterocycles. The number of nitrogens with one attached hydrogen (secondary N) is 1. The van der Waals surface area contributed by atoms with E-state index < -0.39 is 5.60 Å². The lowest BCUT2D eigenvalue weighted by molar-refractivity contribution is -0.108. The third-order valence-corrected chi connectivity index (χ3v) is 6.45. The molecule has 2 heterocycles. The van der Waals surface area contributed by atoms with Crippen LogP contribution in [-0.2, 0) is 12.0 Å². The summed E-state index contributed by atoms with van der Waals surface area (Å²) in [5.74, 6) is 0.100. The van der Waals surface area contributed by atoms with Gasteiger partial charge in [-0.15, -0.1) is 0 Å². The fourth-order valence-corrected chi connectivity index (χ4v) is 4.99. The van der Waals surface area contributed by atoms with Gasteiger partial charge in [0.1, 0.15) is 0 Å². The van der Waals surface area contributed by atoms with Crippen LogP contribution in [0.1, 0.15) is 43.2 Å². The van der Waals surface area contributed by atoms with Crippen molar-refractivity contribution in [3.63, 3.8) is 0 Å². The third kappa shape index (κ3) is 3.76. The van der Waals surface area contributed by atoms with Gasteiger partial charge < -0.3 is 15.3 Å². The van der Waals surface area contributed by atoms with Crippen molar-refractivity contribution in [2.45, 2.75) is 50.2 Å². The van der Waals surface area contributed by atoms with Crippen molar-refractivity contribution < 1.29 is 9.90 Å². The van der Waals surface area contributed by atoms with Gasteiger partial charge in [0.2, 0.25) is 0 Å². The number of fused-ring (bicyclic) bond motifs is 1. The summed E-state index contributed by atoms with van der Waals surface area (Å²) in [7, 11) is 0. The van der Waals surface area contributed by atoms with Gasteiger partial charge in [0.15, 0.2) is 0 Å². The normalized spacial score (nSPS) is 27.1. The number of amides is 2. The van der Waals surface area contributed by atoms with Crippen molar-refractivity contribution in [1.82, 2.24) is 15.2 Å². The molecule has 2 fully saturated rings. The lowest BCUT2D eigenvalue weighted by Gasteiger charge is -2.52. The van der Waals surface area contributed by atoms with Gasteiger partial charge in [-0.25, -0.2) is 4.79 Å². The van der Waals surface area contributed by atoms with E-state index >= 15 is 0 Å². The quantitative estimate of drug-likeness (QED) is 0.855. The minimum atomic E-state index is -0.833. The molecule has 2 N–H and O–H groups in total. The highest BCUT2D eigenvalue weighted by Crippen LogP contribution is 2.46.